The minimum Gasteiger partial charge on any atom is -0.399 e. The number of ether oxygens (including phenoxy) is 2. The molecule has 104 valence electrons. The molecule has 2 aliphatic heterocycles. The number of nitrogens with two attached hydrogens (primary N) is 1. The summed E-state index contributed by atoms with van der Waals surface area (Å²) in [5, 5.41) is 0. The van der Waals surface area contributed by atoms with Gasteiger partial charge in [0.15, 0.2) is 6.29 Å². The van der Waals surface area contributed by atoms with Crippen molar-refractivity contribution in [2.75, 3.05) is 32.0 Å². The van der Waals surface area contributed by atoms with Crippen molar-refractivity contribution in [2.45, 2.75) is 25.7 Å². The maximum Gasteiger partial charge on any atom is 0.160 e. The van der Waals surface area contributed by atoms with E-state index >= 15 is 0 Å². The maximum atomic E-state index is 5.71. The molecule has 4 heteroatoms. The Kier molecular flexibility index (Phi) is 4.01. The summed E-state index contributed by atoms with van der Waals surface area (Å²) in [6, 6.07) is 8.18. The molecule has 0 bridgehead atoms. The molecule has 1 aromatic rings. The average Bonchev–Trinajstić information content (AvgIpc) is 2.96. The lowest BCUT2D eigenvalue weighted by molar-refractivity contribution is -0.0977. The number of benzene rings is 1. The number of hydrogen-bond acceptors (Lipinski definition) is 4. The molecule has 0 amide bonds. The SMILES string of the molecule is Nc1ccc(CN2CCC(C3OCCO3)CC2)cc1. The van der Waals surface area contributed by atoms with Crippen LogP contribution in [0.5, 0.6) is 0 Å². The van der Waals surface area contributed by atoms with Crippen LogP contribution in [-0.2, 0) is 16.0 Å². The minimum atomic E-state index is 0.0543. The van der Waals surface area contributed by atoms with Gasteiger partial charge in [0.2, 0.25) is 0 Å². The normalized spacial score (nSPS) is 22.9. The predicted octanol–water partition coefficient (Wildman–Crippen LogP) is 1.85. The van der Waals surface area contributed by atoms with Crippen LogP contribution in [0.15, 0.2) is 24.3 Å². The Hall–Kier alpha value is -1.10. The summed E-state index contributed by atoms with van der Waals surface area (Å²) in [5.74, 6) is 0.574. The Morgan fingerprint density at radius 3 is 2.32 bits per heavy atom. The topological polar surface area (TPSA) is 47.7 Å². The summed E-state index contributed by atoms with van der Waals surface area (Å²) < 4.78 is 11.2. The number of nitrogens with zero attached hydrogens (tertiary/aromatic N) is 1. The predicted molar refractivity (Wildman–Crippen MR) is 74.5 cm³/mol. The first-order chi connectivity index (χ1) is 9.31. The van der Waals surface area contributed by atoms with Gasteiger partial charge >= 0.3 is 0 Å². The van der Waals surface area contributed by atoms with Crippen molar-refractivity contribution in [3.05, 3.63) is 29.8 Å². The molecule has 1 aromatic carbocycles. The van der Waals surface area contributed by atoms with Gasteiger partial charge in [0, 0.05) is 18.2 Å². The van der Waals surface area contributed by atoms with E-state index in [1.165, 1.54) is 18.4 Å². The van der Waals surface area contributed by atoms with Crippen LogP contribution < -0.4 is 5.73 Å². The third-order valence-electron chi connectivity index (χ3n) is 4.05. The fourth-order valence-corrected chi connectivity index (χ4v) is 2.91. The quantitative estimate of drug-likeness (QED) is 0.845. The molecule has 2 fully saturated rings. The standard InChI is InChI=1S/C15H22N2O2/c16-14-3-1-12(2-4-14)11-17-7-5-13(6-8-17)15-18-9-10-19-15/h1-4,13,15H,5-11,16H2. The van der Waals surface area contributed by atoms with Gasteiger partial charge in [-0.05, 0) is 43.6 Å². The van der Waals surface area contributed by atoms with Crippen LogP contribution in [0.1, 0.15) is 18.4 Å². The lowest BCUT2D eigenvalue weighted by Crippen LogP contribution is -2.37. The Bertz CT molecular complexity index is 393. The van der Waals surface area contributed by atoms with Crippen LogP contribution in [0.25, 0.3) is 0 Å². The van der Waals surface area contributed by atoms with E-state index in [9.17, 15) is 0 Å². The molecular weight excluding hydrogens is 240 g/mol. The lowest BCUT2D eigenvalue weighted by atomic mass is 9.96. The number of piperidine rings is 1. The van der Waals surface area contributed by atoms with Gasteiger partial charge in [-0.1, -0.05) is 12.1 Å². The molecular formula is C15H22N2O2. The first kappa shape index (κ1) is 12.9. The van der Waals surface area contributed by atoms with Gasteiger partial charge in [-0.25, -0.2) is 0 Å². The molecule has 0 unspecified atom stereocenters. The molecule has 0 aromatic heterocycles. The lowest BCUT2D eigenvalue weighted by Gasteiger charge is -2.33. The van der Waals surface area contributed by atoms with Crippen molar-refractivity contribution in [3.63, 3.8) is 0 Å². The van der Waals surface area contributed by atoms with E-state index in [4.69, 9.17) is 15.2 Å². The van der Waals surface area contributed by atoms with E-state index in [0.717, 1.165) is 38.5 Å². The molecule has 3 rings (SSSR count). The summed E-state index contributed by atoms with van der Waals surface area (Å²) in [7, 11) is 0. The van der Waals surface area contributed by atoms with Gasteiger partial charge in [-0.3, -0.25) is 4.90 Å². The Labute approximate surface area is 114 Å². The molecule has 0 radical (unpaired) electrons. The highest BCUT2D eigenvalue weighted by atomic mass is 16.7. The number of anilines is 1. The van der Waals surface area contributed by atoms with Crippen LogP contribution in [0.2, 0.25) is 0 Å². The molecule has 19 heavy (non-hydrogen) atoms. The van der Waals surface area contributed by atoms with Crippen LogP contribution in [0.4, 0.5) is 5.69 Å². The molecule has 0 spiro atoms. The van der Waals surface area contributed by atoms with Crippen LogP contribution in [0, 0.1) is 5.92 Å². The first-order valence-electron chi connectivity index (χ1n) is 7.11. The summed E-state index contributed by atoms with van der Waals surface area (Å²) >= 11 is 0. The molecule has 2 saturated heterocycles. The highest BCUT2D eigenvalue weighted by molar-refractivity contribution is 5.39. The van der Waals surface area contributed by atoms with Crippen LogP contribution in [0.3, 0.4) is 0 Å². The van der Waals surface area contributed by atoms with E-state index < -0.39 is 0 Å². The van der Waals surface area contributed by atoms with Gasteiger partial charge in [0.1, 0.15) is 0 Å². The zero-order chi connectivity index (χ0) is 13.1. The first-order valence-corrected chi connectivity index (χ1v) is 7.11. The smallest absolute Gasteiger partial charge is 0.160 e. The summed E-state index contributed by atoms with van der Waals surface area (Å²) in [5.41, 5.74) is 7.87. The van der Waals surface area contributed by atoms with E-state index in [-0.39, 0.29) is 6.29 Å². The second-order valence-corrected chi connectivity index (χ2v) is 5.47. The van der Waals surface area contributed by atoms with E-state index in [1.807, 2.05) is 12.1 Å². The number of nitrogen functional groups attached to an aromatic ring is 1. The monoisotopic (exact) mass is 262 g/mol. The largest absolute Gasteiger partial charge is 0.399 e. The van der Waals surface area contributed by atoms with Crippen molar-refractivity contribution in [1.82, 2.24) is 4.90 Å². The van der Waals surface area contributed by atoms with E-state index in [2.05, 4.69) is 17.0 Å². The van der Waals surface area contributed by atoms with Crippen molar-refractivity contribution >= 4 is 5.69 Å². The third-order valence-corrected chi connectivity index (χ3v) is 4.05. The van der Waals surface area contributed by atoms with Crippen molar-refractivity contribution in [3.8, 4) is 0 Å². The Balaban J connectivity index is 1.48. The second-order valence-electron chi connectivity index (χ2n) is 5.47. The minimum absolute atomic E-state index is 0.0543. The Morgan fingerprint density at radius 2 is 1.68 bits per heavy atom. The summed E-state index contributed by atoms with van der Waals surface area (Å²) in [6.45, 7) is 4.78. The highest BCUT2D eigenvalue weighted by Crippen LogP contribution is 2.26. The molecule has 2 aliphatic rings. The van der Waals surface area contributed by atoms with Crippen molar-refractivity contribution in [1.29, 1.82) is 0 Å². The number of rotatable bonds is 3. The van der Waals surface area contributed by atoms with Gasteiger partial charge in [0.25, 0.3) is 0 Å². The zero-order valence-corrected chi connectivity index (χ0v) is 11.3. The fraction of sp³-hybridized carbons (Fsp3) is 0.600. The Morgan fingerprint density at radius 1 is 1.05 bits per heavy atom. The van der Waals surface area contributed by atoms with E-state index in [1.54, 1.807) is 0 Å². The summed E-state index contributed by atoms with van der Waals surface area (Å²) in [6.07, 6.45) is 2.39. The van der Waals surface area contributed by atoms with E-state index in [0.29, 0.717) is 5.92 Å². The molecule has 2 heterocycles. The molecule has 2 N–H and O–H groups in total. The third kappa shape index (κ3) is 3.26. The van der Waals surface area contributed by atoms with Crippen LogP contribution in [-0.4, -0.2) is 37.5 Å². The highest BCUT2D eigenvalue weighted by Gasteiger charge is 2.30. The van der Waals surface area contributed by atoms with Gasteiger partial charge in [0.05, 0.1) is 13.2 Å². The number of likely N-dealkylation sites (tertiary alicyclic amines) is 1. The fourth-order valence-electron chi connectivity index (χ4n) is 2.91. The van der Waals surface area contributed by atoms with Gasteiger partial charge in [-0.2, -0.15) is 0 Å². The van der Waals surface area contributed by atoms with Crippen LogP contribution >= 0.6 is 0 Å². The molecule has 4 nitrogen and oxygen atoms in total. The van der Waals surface area contributed by atoms with Crippen molar-refractivity contribution < 1.29 is 9.47 Å². The second kappa shape index (κ2) is 5.90. The van der Waals surface area contributed by atoms with Crippen molar-refractivity contribution in [2.24, 2.45) is 5.92 Å². The average molecular weight is 262 g/mol. The summed E-state index contributed by atoms with van der Waals surface area (Å²) in [4.78, 5) is 2.50. The van der Waals surface area contributed by atoms with Gasteiger partial charge < -0.3 is 15.2 Å². The molecule has 0 atom stereocenters. The molecule has 0 aliphatic carbocycles. The number of hydrogen-bond donors (Lipinski definition) is 1. The molecule has 0 saturated carbocycles. The van der Waals surface area contributed by atoms with Gasteiger partial charge in [-0.15, -0.1) is 0 Å². The zero-order valence-electron chi connectivity index (χ0n) is 11.3. The maximum absolute atomic E-state index is 5.71.